The highest BCUT2D eigenvalue weighted by Crippen LogP contribution is 2.36. The van der Waals surface area contributed by atoms with E-state index in [9.17, 15) is 0 Å². The molecule has 1 N–H and O–H groups in total. The van der Waals surface area contributed by atoms with Gasteiger partial charge in [0.1, 0.15) is 5.75 Å². The summed E-state index contributed by atoms with van der Waals surface area (Å²) >= 11 is 5.61. The number of methoxy groups -OCH3 is 1. The van der Waals surface area contributed by atoms with Crippen molar-refractivity contribution < 1.29 is 4.74 Å². The number of rotatable bonds is 3. The third-order valence-electron chi connectivity index (χ3n) is 5.18. The lowest BCUT2D eigenvalue weighted by atomic mass is 9.75. The molecule has 0 amide bonds. The van der Waals surface area contributed by atoms with Crippen LogP contribution in [0.4, 0.5) is 0 Å². The van der Waals surface area contributed by atoms with Crippen LogP contribution >= 0.6 is 12.2 Å². The number of nitrogens with zero attached hydrogens (tertiary/aromatic N) is 1. The Kier molecular flexibility index (Phi) is 5.19. The molecule has 1 heterocycles. The van der Waals surface area contributed by atoms with Crippen molar-refractivity contribution in [2.24, 2.45) is 11.8 Å². The summed E-state index contributed by atoms with van der Waals surface area (Å²) in [5.74, 6) is 2.71. The lowest BCUT2D eigenvalue weighted by Crippen LogP contribution is -2.48. The molecule has 1 saturated heterocycles. The summed E-state index contributed by atoms with van der Waals surface area (Å²) in [5, 5.41) is 4.33. The van der Waals surface area contributed by atoms with Gasteiger partial charge in [0.25, 0.3) is 0 Å². The van der Waals surface area contributed by atoms with E-state index >= 15 is 0 Å². The van der Waals surface area contributed by atoms with Gasteiger partial charge in [-0.2, -0.15) is 0 Å². The standard InChI is InChI=1S/C18H26N2OS/c1-21-17-8-6-14(7-9-17)12-19-18(22)20-11-10-15-4-2-3-5-16(15)13-20/h6-9,15-16H,2-5,10-13H2,1H3,(H,19,22)/t15-,16+/m0/s1. The first-order chi connectivity index (χ1) is 10.8. The highest BCUT2D eigenvalue weighted by atomic mass is 32.1. The molecule has 0 aromatic heterocycles. The van der Waals surface area contributed by atoms with Crippen LogP contribution < -0.4 is 10.1 Å². The van der Waals surface area contributed by atoms with Gasteiger partial charge in [-0.3, -0.25) is 0 Å². The van der Waals surface area contributed by atoms with Gasteiger partial charge in [-0.05, 0) is 54.6 Å². The van der Waals surface area contributed by atoms with Crippen LogP contribution in [0.3, 0.4) is 0 Å². The first-order valence-electron chi connectivity index (χ1n) is 8.42. The third-order valence-corrected chi connectivity index (χ3v) is 5.58. The summed E-state index contributed by atoms with van der Waals surface area (Å²) in [6.07, 6.45) is 6.98. The van der Waals surface area contributed by atoms with E-state index in [0.29, 0.717) is 0 Å². The molecule has 4 heteroatoms. The van der Waals surface area contributed by atoms with Crippen molar-refractivity contribution >= 4 is 17.3 Å². The fourth-order valence-electron chi connectivity index (χ4n) is 3.82. The van der Waals surface area contributed by atoms with E-state index in [4.69, 9.17) is 17.0 Å². The van der Waals surface area contributed by atoms with Crippen LogP contribution in [0.25, 0.3) is 0 Å². The van der Waals surface area contributed by atoms with Crippen LogP contribution in [-0.2, 0) is 6.54 Å². The normalized spacial score (nSPS) is 24.5. The minimum absolute atomic E-state index is 0.785. The number of piperidine rings is 1. The van der Waals surface area contributed by atoms with Crippen molar-refractivity contribution in [3.63, 3.8) is 0 Å². The Morgan fingerprint density at radius 1 is 1.18 bits per heavy atom. The molecule has 1 saturated carbocycles. The van der Waals surface area contributed by atoms with Crippen LogP contribution in [0.15, 0.2) is 24.3 Å². The van der Waals surface area contributed by atoms with Crippen LogP contribution in [-0.4, -0.2) is 30.2 Å². The summed E-state index contributed by atoms with van der Waals surface area (Å²) in [6, 6.07) is 8.16. The first kappa shape index (κ1) is 15.6. The van der Waals surface area contributed by atoms with E-state index in [1.807, 2.05) is 12.1 Å². The third kappa shape index (κ3) is 3.72. The zero-order chi connectivity index (χ0) is 15.4. The van der Waals surface area contributed by atoms with Crippen LogP contribution in [0, 0.1) is 11.8 Å². The highest BCUT2D eigenvalue weighted by Gasteiger charge is 2.31. The van der Waals surface area contributed by atoms with Crippen molar-refractivity contribution in [2.45, 2.75) is 38.6 Å². The summed E-state index contributed by atoms with van der Waals surface area (Å²) in [4.78, 5) is 2.38. The van der Waals surface area contributed by atoms with Gasteiger partial charge in [0, 0.05) is 19.6 Å². The quantitative estimate of drug-likeness (QED) is 0.861. The maximum atomic E-state index is 5.61. The molecular formula is C18H26N2OS. The summed E-state index contributed by atoms with van der Waals surface area (Å²) in [6.45, 7) is 3.06. The number of hydrogen-bond donors (Lipinski definition) is 1. The lowest BCUT2D eigenvalue weighted by molar-refractivity contribution is 0.129. The average Bonchev–Trinajstić information content (AvgIpc) is 2.59. The number of nitrogens with one attached hydrogen (secondary N) is 1. The number of likely N-dealkylation sites (tertiary alicyclic amines) is 1. The Morgan fingerprint density at radius 3 is 2.64 bits per heavy atom. The molecule has 0 radical (unpaired) electrons. The Bertz CT molecular complexity index is 502. The molecule has 22 heavy (non-hydrogen) atoms. The monoisotopic (exact) mass is 318 g/mol. The molecule has 0 bridgehead atoms. The van der Waals surface area contributed by atoms with E-state index in [0.717, 1.165) is 42.3 Å². The fourth-order valence-corrected chi connectivity index (χ4v) is 4.06. The summed E-state index contributed by atoms with van der Waals surface area (Å²) in [5.41, 5.74) is 1.23. The highest BCUT2D eigenvalue weighted by molar-refractivity contribution is 7.80. The van der Waals surface area contributed by atoms with Gasteiger partial charge in [0.05, 0.1) is 7.11 Å². The van der Waals surface area contributed by atoms with Crippen molar-refractivity contribution in [3.8, 4) is 5.75 Å². The molecule has 0 spiro atoms. The van der Waals surface area contributed by atoms with Gasteiger partial charge in [0.15, 0.2) is 5.11 Å². The largest absolute Gasteiger partial charge is 0.497 e. The first-order valence-corrected chi connectivity index (χ1v) is 8.83. The average molecular weight is 318 g/mol. The van der Waals surface area contributed by atoms with Gasteiger partial charge in [0.2, 0.25) is 0 Å². The maximum absolute atomic E-state index is 5.61. The van der Waals surface area contributed by atoms with Crippen molar-refractivity contribution in [1.29, 1.82) is 0 Å². The van der Waals surface area contributed by atoms with Crippen molar-refractivity contribution in [1.82, 2.24) is 10.2 Å². The molecule has 0 unspecified atom stereocenters. The molecule has 1 aromatic carbocycles. The Balaban J connectivity index is 1.49. The van der Waals surface area contributed by atoms with Gasteiger partial charge < -0.3 is 15.0 Å². The van der Waals surface area contributed by atoms with Crippen molar-refractivity contribution in [3.05, 3.63) is 29.8 Å². The SMILES string of the molecule is COc1ccc(CNC(=S)N2CC[C@@H]3CCCC[C@@H]3C2)cc1. The molecule has 3 rings (SSSR count). The van der Waals surface area contributed by atoms with E-state index in [1.54, 1.807) is 7.11 Å². The van der Waals surface area contributed by atoms with E-state index in [2.05, 4.69) is 22.3 Å². The van der Waals surface area contributed by atoms with E-state index < -0.39 is 0 Å². The Labute approximate surface area is 139 Å². The van der Waals surface area contributed by atoms with Crippen LogP contribution in [0.5, 0.6) is 5.75 Å². The number of benzene rings is 1. The number of fused-ring (bicyclic) bond motifs is 1. The second-order valence-electron chi connectivity index (χ2n) is 6.55. The number of thiocarbonyl (C=S) groups is 1. The second kappa shape index (κ2) is 7.32. The van der Waals surface area contributed by atoms with Crippen LogP contribution in [0.2, 0.25) is 0 Å². The Hall–Kier alpha value is -1.29. The molecule has 1 aromatic rings. The minimum Gasteiger partial charge on any atom is -0.497 e. The molecular weight excluding hydrogens is 292 g/mol. The van der Waals surface area contributed by atoms with Gasteiger partial charge in [-0.1, -0.05) is 31.4 Å². The fraction of sp³-hybridized carbons (Fsp3) is 0.611. The molecule has 3 nitrogen and oxygen atoms in total. The molecule has 2 fully saturated rings. The van der Waals surface area contributed by atoms with Crippen LogP contribution in [0.1, 0.15) is 37.7 Å². The van der Waals surface area contributed by atoms with Gasteiger partial charge >= 0.3 is 0 Å². The molecule has 2 aliphatic rings. The van der Waals surface area contributed by atoms with E-state index in [-0.39, 0.29) is 0 Å². The summed E-state index contributed by atoms with van der Waals surface area (Å²) in [7, 11) is 1.69. The lowest BCUT2D eigenvalue weighted by Gasteiger charge is -2.42. The van der Waals surface area contributed by atoms with Gasteiger partial charge in [-0.15, -0.1) is 0 Å². The Morgan fingerprint density at radius 2 is 1.91 bits per heavy atom. The van der Waals surface area contributed by atoms with Gasteiger partial charge in [-0.25, -0.2) is 0 Å². The predicted octanol–water partition coefficient (Wildman–Crippen LogP) is 3.58. The zero-order valence-electron chi connectivity index (χ0n) is 13.4. The maximum Gasteiger partial charge on any atom is 0.169 e. The molecule has 120 valence electrons. The zero-order valence-corrected chi connectivity index (χ0v) is 14.2. The summed E-state index contributed by atoms with van der Waals surface area (Å²) < 4.78 is 5.19. The second-order valence-corrected chi connectivity index (χ2v) is 6.93. The van der Waals surface area contributed by atoms with Crippen molar-refractivity contribution in [2.75, 3.05) is 20.2 Å². The number of hydrogen-bond acceptors (Lipinski definition) is 2. The topological polar surface area (TPSA) is 24.5 Å². The molecule has 1 aliphatic carbocycles. The van der Waals surface area contributed by atoms with E-state index in [1.165, 1.54) is 37.7 Å². The number of ether oxygens (including phenoxy) is 1. The predicted molar refractivity (Wildman–Crippen MR) is 94.1 cm³/mol. The minimum atomic E-state index is 0.785. The molecule has 2 atom stereocenters. The smallest absolute Gasteiger partial charge is 0.169 e. The molecule has 1 aliphatic heterocycles.